The van der Waals surface area contributed by atoms with Gasteiger partial charge in [-0.05, 0) is 77.3 Å². The molecule has 0 aromatic heterocycles. The second kappa shape index (κ2) is 19.7. The lowest BCUT2D eigenvalue weighted by Gasteiger charge is -2.49. The fourth-order valence-corrected chi connectivity index (χ4v) is 16.6. The highest BCUT2D eigenvalue weighted by atomic mass is 32.2. The average molecular weight is 837 g/mol. The molecule has 6 rings (SSSR count). The van der Waals surface area contributed by atoms with E-state index in [0.29, 0.717) is 80.3 Å². The van der Waals surface area contributed by atoms with Gasteiger partial charge < -0.3 is 38.3 Å². The van der Waals surface area contributed by atoms with Crippen molar-refractivity contribution in [3.8, 4) is 5.75 Å². The van der Waals surface area contributed by atoms with Crippen molar-refractivity contribution in [1.82, 2.24) is 5.32 Å². The minimum absolute atomic E-state index is 0.223. The number of nitrogens with one attached hydrogen (secondary N) is 1. The fraction of sp³-hybridized carbons (Fsp3) is 0.609. The Labute approximate surface area is 349 Å². The van der Waals surface area contributed by atoms with Crippen LogP contribution in [0, 0.1) is 12.8 Å². The zero-order chi connectivity index (χ0) is 41.6. The number of ether oxygens (including phenoxy) is 5. The van der Waals surface area contributed by atoms with Crippen LogP contribution in [0.3, 0.4) is 0 Å². The minimum Gasteiger partial charge on any atom is -0.490 e. The molecule has 2 aliphatic heterocycles. The summed E-state index contributed by atoms with van der Waals surface area (Å²) >= 11 is 0. The molecular weight excluding hydrogens is 769 g/mol. The van der Waals surface area contributed by atoms with E-state index in [-0.39, 0.29) is 16.9 Å². The highest BCUT2D eigenvalue weighted by Crippen LogP contribution is 2.47. The average Bonchev–Trinajstić information content (AvgIpc) is 3.97. The van der Waals surface area contributed by atoms with Crippen molar-refractivity contribution in [3.63, 3.8) is 0 Å². The van der Waals surface area contributed by atoms with E-state index in [1.807, 2.05) is 37.3 Å². The molecule has 1 saturated heterocycles. The molecule has 0 radical (unpaired) electrons. The summed E-state index contributed by atoms with van der Waals surface area (Å²) in [5.41, 5.74) is 4.40. The van der Waals surface area contributed by atoms with Gasteiger partial charge >= 0.3 is 0 Å². The number of fused-ring (bicyclic) bond motifs is 1. The maximum absolute atomic E-state index is 15.0. The summed E-state index contributed by atoms with van der Waals surface area (Å²) in [4.78, 5) is 2.48. The molecule has 1 saturated carbocycles. The summed E-state index contributed by atoms with van der Waals surface area (Å²) in [6.45, 7) is 20.8. The van der Waals surface area contributed by atoms with E-state index in [1.54, 1.807) is 26.4 Å². The molecule has 0 spiro atoms. The molecule has 1 N–H and O–H groups in total. The van der Waals surface area contributed by atoms with E-state index in [2.05, 4.69) is 76.0 Å². The first-order valence-electron chi connectivity index (χ1n) is 21.3. The van der Waals surface area contributed by atoms with Gasteiger partial charge in [0.2, 0.25) is 18.2 Å². The number of sulfone groups is 1. The first kappa shape index (κ1) is 44.7. The third kappa shape index (κ3) is 10.0. The number of rotatable bonds is 20. The summed E-state index contributed by atoms with van der Waals surface area (Å²) in [5, 5.41) is 3.64. The highest BCUT2D eigenvalue weighted by Gasteiger charge is 2.50. The van der Waals surface area contributed by atoms with Crippen LogP contribution >= 0.6 is 0 Å². The second-order valence-electron chi connectivity index (χ2n) is 17.5. The van der Waals surface area contributed by atoms with Crippen molar-refractivity contribution < 1.29 is 36.5 Å². The van der Waals surface area contributed by atoms with Crippen molar-refractivity contribution in [2.45, 2.75) is 119 Å². The standard InChI is InChI=1S/C46H68N2O8SSi/c1-31(2)58(32(3)4,33(5)6)56-44-28-47-27-43(45(44)36-15-13-35(14-16-36)29-53-30-38-26-42(38)52-9)55-46(57(49,50)39-18-11-34(7)12-19-39)37-17-20-41-40(25-37)48(22-24-54-41)21-10-23-51-8/h11-20,25,31-33,38,42-47H,10,21-24,26-30H2,1-9H3/t38-,42-,43-,44+,45+,46?/m0/s1. The van der Waals surface area contributed by atoms with Crippen molar-refractivity contribution in [1.29, 1.82) is 0 Å². The number of hydrogen-bond acceptors (Lipinski definition) is 10. The van der Waals surface area contributed by atoms with Gasteiger partial charge in [0.1, 0.15) is 12.4 Å². The number of piperidine rings is 1. The normalized spacial score (nSPS) is 23.0. The molecule has 2 fully saturated rings. The number of hydrogen-bond donors (Lipinski definition) is 1. The number of benzene rings is 3. The van der Waals surface area contributed by atoms with Crippen LogP contribution in [-0.4, -0.2) is 95.3 Å². The van der Waals surface area contributed by atoms with E-state index in [9.17, 15) is 8.42 Å². The van der Waals surface area contributed by atoms with Crippen LogP contribution in [-0.2, 0) is 39.8 Å². The number of nitrogens with zero attached hydrogens (tertiary/aromatic N) is 1. The van der Waals surface area contributed by atoms with Crippen molar-refractivity contribution in [2.75, 3.05) is 65.1 Å². The Morgan fingerprint density at radius 3 is 2.21 bits per heavy atom. The summed E-state index contributed by atoms with van der Waals surface area (Å²) in [7, 11) is -2.95. The Morgan fingerprint density at radius 2 is 1.57 bits per heavy atom. The number of anilines is 1. The molecule has 1 aliphatic carbocycles. The van der Waals surface area contributed by atoms with Crippen LogP contribution in [0.1, 0.15) is 88.0 Å². The lowest BCUT2D eigenvalue weighted by molar-refractivity contribution is -0.0365. The van der Waals surface area contributed by atoms with Gasteiger partial charge in [-0.1, -0.05) is 89.6 Å². The number of methoxy groups -OCH3 is 2. The third-order valence-electron chi connectivity index (χ3n) is 12.6. The maximum atomic E-state index is 15.0. The second-order valence-corrected chi connectivity index (χ2v) is 24.9. The molecule has 6 atom stereocenters. The Morgan fingerprint density at radius 1 is 0.879 bits per heavy atom. The van der Waals surface area contributed by atoms with Crippen molar-refractivity contribution in [2.24, 2.45) is 5.92 Å². The monoisotopic (exact) mass is 836 g/mol. The molecule has 3 aromatic rings. The van der Waals surface area contributed by atoms with Gasteiger partial charge in [-0.3, -0.25) is 0 Å². The molecular formula is C46H68N2O8SSi. The predicted molar refractivity (Wildman–Crippen MR) is 233 cm³/mol. The summed E-state index contributed by atoms with van der Waals surface area (Å²) < 4.78 is 67.7. The largest absolute Gasteiger partial charge is 0.490 e. The van der Waals surface area contributed by atoms with Crippen molar-refractivity contribution >= 4 is 23.8 Å². The zero-order valence-electron chi connectivity index (χ0n) is 36.2. The molecule has 10 nitrogen and oxygen atoms in total. The van der Waals surface area contributed by atoms with Gasteiger partial charge in [0.25, 0.3) is 0 Å². The van der Waals surface area contributed by atoms with Crippen LogP contribution in [0.2, 0.25) is 16.6 Å². The van der Waals surface area contributed by atoms with Gasteiger partial charge in [0, 0.05) is 52.3 Å². The predicted octanol–water partition coefficient (Wildman–Crippen LogP) is 8.59. The van der Waals surface area contributed by atoms with E-state index in [0.717, 1.165) is 47.5 Å². The molecule has 58 heavy (non-hydrogen) atoms. The first-order valence-corrected chi connectivity index (χ1v) is 25.0. The van der Waals surface area contributed by atoms with Gasteiger partial charge in [-0.15, -0.1) is 0 Å². The fourth-order valence-electron chi connectivity index (χ4n) is 9.47. The smallest absolute Gasteiger partial charge is 0.209 e. The molecule has 12 heteroatoms. The molecule has 3 aliphatic rings. The van der Waals surface area contributed by atoms with Gasteiger partial charge in [-0.25, -0.2) is 8.42 Å². The first-order chi connectivity index (χ1) is 27.8. The molecule has 0 bridgehead atoms. The maximum Gasteiger partial charge on any atom is 0.209 e. The number of aryl methyl sites for hydroxylation is 1. The Hall–Kier alpha value is -2.81. The minimum atomic E-state index is -4.05. The SMILES string of the molecule is COCCCN1CCOc2ccc(C(O[C@H]3CNC[C@@H](O[Si](C(C)C)(C(C)C)C(C)C)[C@@H]3c3ccc(COC[C@@H]4C[C@@H]4OC)cc3)S(=O)(=O)c3ccc(C)cc3)cc21. The topological polar surface area (TPSA) is 105 Å². The van der Waals surface area contributed by atoms with Crippen LogP contribution in [0.4, 0.5) is 5.69 Å². The quantitative estimate of drug-likeness (QED) is 0.0880. The van der Waals surface area contributed by atoms with Crippen molar-refractivity contribution in [3.05, 3.63) is 89.0 Å². The van der Waals surface area contributed by atoms with E-state index in [1.165, 1.54) is 0 Å². The Bertz CT molecular complexity index is 1850. The van der Waals surface area contributed by atoms with Crippen LogP contribution in [0.15, 0.2) is 71.6 Å². The van der Waals surface area contributed by atoms with Gasteiger partial charge in [0.15, 0.2) is 5.44 Å². The molecule has 2 heterocycles. The summed E-state index contributed by atoms with van der Waals surface area (Å²) in [5.74, 6) is 0.963. The summed E-state index contributed by atoms with van der Waals surface area (Å²) in [6, 6.07) is 21.4. The van der Waals surface area contributed by atoms with E-state index in [4.69, 9.17) is 28.1 Å². The molecule has 0 amide bonds. The van der Waals surface area contributed by atoms with E-state index >= 15 is 0 Å². The van der Waals surface area contributed by atoms with E-state index < -0.39 is 29.7 Å². The third-order valence-corrected chi connectivity index (χ3v) is 20.6. The lowest BCUT2D eigenvalue weighted by Crippen LogP contribution is -2.58. The molecule has 3 aromatic carbocycles. The molecule has 320 valence electrons. The van der Waals surface area contributed by atoms with Crippen LogP contribution < -0.4 is 15.0 Å². The van der Waals surface area contributed by atoms with Gasteiger partial charge in [-0.2, -0.15) is 0 Å². The van der Waals surface area contributed by atoms with Gasteiger partial charge in [0.05, 0.1) is 48.7 Å². The highest BCUT2D eigenvalue weighted by molar-refractivity contribution is 7.91. The van der Waals surface area contributed by atoms with Crippen LogP contribution in [0.5, 0.6) is 5.75 Å². The lowest BCUT2D eigenvalue weighted by atomic mass is 9.85. The molecule has 1 unspecified atom stereocenters. The Balaban J connectivity index is 1.39. The summed E-state index contributed by atoms with van der Waals surface area (Å²) in [6.07, 6.45) is 1.43. The van der Waals surface area contributed by atoms with Crippen LogP contribution in [0.25, 0.3) is 0 Å². The Kier molecular flexibility index (Phi) is 15.2. The zero-order valence-corrected chi connectivity index (χ0v) is 38.1.